The van der Waals surface area contributed by atoms with Gasteiger partial charge in [0.05, 0.1) is 11.4 Å². The summed E-state index contributed by atoms with van der Waals surface area (Å²) in [6.45, 7) is 8.77. The van der Waals surface area contributed by atoms with Gasteiger partial charge < -0.3 is 5.32 Å². The van der Waals surface area contributed by atoms with Crippen molar-refractivity contribution in [3.63, 3.8) is 0 Å². The topological polar surface area (TPSA) is 29.3 Å². The number of fused-ring (bicyclic) bond motifs is 1. The van der Waals surface area contributed by atoms with E-state index in [1.807, 2.05) is 0 Å². The number of nitrogens with one attached hydrogen (secondary N) is 1. The van der Waals surface area contributed by atoms with Crippen LogP contribution in [0.2, 0.25) is 0 Å². The van der Waals surface area contributed by atoms with E-state index in [1.165, 1.54) is 42.8 Å². The zero-order valence-electron chi connectivity index (χ0n) is 12.8. The van der Waals surface area contributed by atoms with Crippen LogP contribution in [0.25, 0.3) is 4.96 Å². The van der Waals surface area contributed by atoms with Gasteiger partial charge in [-0.2, -0.15) is 0 Å². The van der Waals surface area contributed by atoms with Crippen LogP contribution in [-0.4, -0.2) is 15.9 Å². The summed E-state index contributed by atoms with van der Waals surface area (Å²) >= 11 is 1.73. The van der Waals surface area contributed by atoms with Crippen LogP contribution in [0, 0.1) is 25.7 Å². The molecule has 0 aromatic carbocycles. The Balaban J connectivity index is 1.60. The second-order valence-electron chi connectivity index (χ2n) is 6.40. The van der Waals surface area contributed by atoms with Crippen molar-refractivity contribution in [2.75, 3.05) is 6.54 Å². The normalized spacial score (nSPS) is 23.6. The standard InChI is InChI=1S/C16H25N3S/c1-11-4-6-14(7-5-11)8-17-9-15-13(3)18-16-19(15)12(2)10-20-16/h10-11,14,17H,4-9H2,1-3H3. The van der Waals surface area contributed by atoms with Crippen molar-refractivity contribution < 1.29 is 0 Å². The van der Waals surface area contributed by atoms with Crippen molar-refractivity contribution in [3.8, 4) is 0 Å². The van der Waals surface area contributed by atoms with E-state index >= 15 is 0 Å². The first kappa shape index (κ1) is 14.1. The van der Waals surface area contributed by atoms with Crippen molar-refractivity contribution in [2.45, 2.75) is 53.0 Å². The zero-order chi connectivity index (χ0) is 14.1. The average Bonchev–Trinajstić information content (AvgIpc) is 2.93. The number of imidazole rings is 1. The fourth-order valence-electron chi connectivity index (χ4n) is 3.30. The highest BCUT2D eigenvalue weighted by Crippen LogP contribution is 2.28. The van der Waals surface area contributed by atoms with Crippen LogP contribution in [0.1, 0.15) is 49.7 Å². The minimum atomic E-state index is 0.874. The van der Waals surface area contributed by atoms with E-state index in [2.05, 4.69) is 40.9 Å². The Morgan fingerprint density at radius 1 is 1.30 bits per heavy atom. The molecule has 2 heterocycles. The third kappa shape index (κ3) is 2.77. The second-order valence-corrected chi connectivity index (χ2v) is 7.23. The summed E-state index contributed by atoms with van der Waals surface area (Å²) < 4.78 is 2.30. The fraction of sp³-hybridized carbons (Fsp3) is 0.688. The van der Waals surface area contributed by atoms with Crippen molar-refractivity contribution in [3.05, 3.63) is 22.5 Å². The van der Waals surface area contributed by atoms with E-state index in [0.717, 1.165) is 29.9 Å². The van der Waals surface area contributed by atoms with Crippen LogP contribution in [0.15, 0.2) is 5.38 Å². The van der Waals surface area contributed by atoms with Gasteiger partial charge in [-0.05, 0) is 45.1 Å². The Hall–Kier alpha value is -0.870. The van der Waals surface area contributed by atoms with E-state index in [1.54, 1.807) is 11.3 Å². The number of rotatable bonds is 4. The predicted molar refractivity (Wildman–Crippen MR) is 85.4 cm³/mol. The van der Waals surface area contributed by atoms with Crippen LogP contribution in [0.3, 0.4) is 0 Å². The Morgan fingerprint density at radius 3 is 2.80 bits per heavy atom. The third-order valence-corrected chi connectivity index (χ3v) is 5.63. The molecule has 1 aliphatic carbocycles. The molecule has 0 aliphatic heterocycles. The van der Waals surface area contributed by atoms with Gasteiger partial charge in [0.2, 0.25) is 0 Å². The lowest BCUT2D eigenvalue weighted by molar-refractivity contribution is 0.281. The maximum Gasteiger partial charge on any atom is 0.194 e. The molecule has 0 bridgehead atoms. The summed E-state index contributed by atoms with van der Waals surface area (Å²) in [6.07, 6.45) is 5.61. The maximum atomic E-state index is 4.65. The highest BCUT2D eigenvalue weighted by molar-refractivity contribution is 7.15. The van der Waals surface area contributed by atoms with Crippen LogP contribution >= 0.6 is 11.3 Å². The van der Waals surface area contributed by atoms with Gasteiger partial charge in [-0.3, -0.25) is 4.40 Å². The van der Waals surface area contributed by atoms with Crippen molar-refractivity contribution in [1.29, 1.82) is 0 Å². The molecule has 0 radical (unpaired) electrons. The molecule has 0 unspecified atom stereocenters. The first-order chi connectivity index (χ1) is 9.65. The number of nitrogens with zero attached hydrogens (tertiary/aromatic N) is 2. The summed E-state index contributed by atoms with van der Waals surface area (Å²) in [6, 6.07) is 0. The van der Waals surface area contributed by atoms with Crippen molar-refractivity contribution in [2.24, 2.45) is 11.8 Å². The number of thiazole rings is 1. The minimum Gasteiger partial charge on any atom is -0.311 e. The summed E-state index contributed by atoms with van der Waals surface area (Å²) in [5.74, 6) is 1.81. The van der Waals surface area contributed by atoms with Crippen LogP contribution in [0.5, 0.6) is 0 Å². The van der Waals surface area contributed by atoms with E-state index in [4.69, 9.17) is 0 Å². The predicted octanol–water partition coefficient (Wildman–Crippen LogP) is 3.93. The summed E-state index contributed by atoms with van der Waals surface area (Å²) in [5, 5.41) is 5.85. The molecular weight excluding hydrogens is 266 g/mol. The number of hydrogen-bond donors (Lipinski definition) is 1. The molecule has 0 atom stereocenters. The lowest BCUT2D eigenvalue weighted by atomic mass is 9.83. The summed E-state index contributed by atoms with van der Waals surface area (Å²) in [7, 11) is 0. The van der Waals surface area contributed by atoms with Crippen molar-refractivity contribution >= 4 is 16.3 Å². The molecular formula is C16H25N3S. The molecule has 110 valence electrons. The second kappa shape index (κ2) is 5.86. The molecule has 0 saturated heterocycles. The third-order valence-electron chi connectivity index (χ3n) is 4.69. The van der Waals surface area contributed by atoms with Gasteiger partial charge in [0.25, 0.3) is 0 Å². The Bertz CT molecular complexity index is 576. The monoisotopic (exact) mass is 291 g/mol. The SMILES string of the molecule is Cc1nc2scc(C)n2c1CNCC1CCC(C)CC1. The maximum absolute atomic E-state index is 4.65. The molecule has 20 heavy (non-hydrogen) atoms. The van der Waals surface area contributed by atoms with Crippen LogP contribution < -0.4 is 5.32 Å². The number of aromatic nitrogens is 2. The van der Waals surface area contributed by atoms with E-state index in [-0.39, 0.29) is 0 Å². The van der Waals surface area contributed by atoms with Gasteiger partial charge in [0.1, 0.15) is 0 Å². The number of aryl methyl sites for hydroxylation is 2. The molecule has 4 heteroatoms. The van der Waals surface area contributed by atoms with Gasteiger partial charge in [-0.1, -0.05) is 19.8 Å². The van der Waals surface area contributed by atoms with E-state index in [0.29, 0.717) is 0 Å². The molecule has 3 rings (SSSR count). The smallest absolute Gasteiger partial charge is 0.194 e. The first-order valence-electron chi connectivity index (χ1n) is 7.78. The Labute approximate surface area is 125 Å². The molecule has 2 aromatic rings. The lowest BCUT2D eigenvalue weighted by Gasteiger charge is -2.26. The zero-order valence-corrected chi connectivity index (χ0v) is 13.6. The molecule has 1 saturated carbocycles. The number of hydrogen-bond acceptors (Lipinski definition) is 3. The quantitative estimate of drug-likeness (QED) is 0.925. The highest BCUT2D eigenvalue weighted by atomic mass is 32.1. The molecule has 0 spiro atoms. The molecule has 2 aromatic heterocycles. The average molecular weight is 291 g/mol. The van der Waals surface area contributed by atoms with Gasteiger partial charge in [0, 0.05) is 17.6 Å². The molecule has 3 nitrogen and oxygen atoms in total. The Kier molecular flexibility index (Phi) is 4.13. The van der Waals surface area contributed by atoms with Gasteiger partial charge in [0.15, 0.2) is 4.96 Å². The lowest BCUT2D eigenvalue weighted by Crippen LogP contribution is -2.26. The highest BCUT2D eigenvalue weighted by Gasteiger charge is 2.18. The molecule has 1 aliphatic rings. The van der Waals surface area contributed by atoms with Gasteiger partial charge >= 0.3 is 0 Å². The van der Waals surface area contributed by atoms with Gasteiger partial charge in [-0.15, -0.1) is 11.3 Å². The molecule has 0 amide bonds. The first-order valence-corrected chi connectivity index (χ1v) is 8.66. The van der Waals surface area contributed by atoms with E-state index in [9.17, 15) is 0 Å². The van der Waals surface area contributed by atoms with Crippen LogP contribution in [0.4, 0.5) is 0 Å². The summed E-state index contributed by atoms with van der Waals surface area (Å²) in [5.41, 5.74) is 3.81. The molecule has 1 N–H and O–H groups in total. The van der Waals surface area contributed by atoms with Crippen molar-refractivity contribution in [1.82, 2.24) is 14.7 Å². The van der Waals surface area contributed by atoms with Gasteiger partial charge in [-0.25, -0.2) is 4.98 Å². The minimum absolute atomic E-state index is 0.874. The van der Waals surface area contributed by atoms with Crippen LogP contribution in [-0.2, 0) is 6.54 Å². The largest absolute Gasteiger partial charge is 0.311 e. The summed E-state index contributed by atoms with van der Waals surface area (Å²) in [4.78, 5) is 5.78. The molecule has 1 fully saturated rings. The Morgan fingerprint density at radius 2 is 2.05 bits per heavy atom. The van der Waals surface area contributed by atoms with E-state index < -0.39 is 0 Å². The fourth-order valence-corrected chi connectivity index (χ4v) is 4.23.